The lowest BCUT2D eigenvalue weighted by atomic mass is 10.1. The number of nitrogens with one attached hydrogen (secondary N) is 1. The van der Waals surface area contributed by atoms with Crippen LogP contribution in [0.5, 0.6) is 0 Å². The third-order valence-corrected chi connectivity index (χ3v) is 4.53. The molecular formula is C11H12N2O7S2. The van der Waals surface area contributed by atoms with E-state index in [0.29, 0.717) is 0 Å². The number of hydrogen-bond acceptors (Lipinski definition) is 7. The fraction of sp³-hybridized carbons (Fsp3) is 0.364. The van der Waals surface area contributed by atoms with E-state index in [0.717, 1.165) is 11.8 Å². The van der Waals surface area contributed by atoms with Crippen LogP contribution in [0.1, 0.15) is 11.8 Å². The number of thiophene rings is 1. The number of β-lactam (4-membered cyclic amide) rings is 1. The Morgan fingerprint density at radius 3 is 2.68 bits per heavy atom. The molecule has 2 N–H and O–H groups in total. The van der Waals surface area contributed by atoms with Crippen molar-refractivity contribution < 1.29 is 32.1 Å². The molecule has 0 bridgehead atoms. The molecule has 0 unspecified atom stereocenters. The molecule has 9 nitrogen and oxygen atoms in total. The second-order valence-electron chi connectivity index (χ2n) is 4.41. The van der Waals surface area contributed by atoms with Gasteiger partial charge in [0, 0.05) is 11.8 Å². The highest BCUT2D eigenvalue weighted by atomic mass is 32.2. The van der Waals surface area contributed by atoms with Crippen LogP contribution in [-0.2, 0) is 35.8 Å². The Morgan fingerprint density at radius 2 is 2.18 bits per heavy atom. The number of amides is 2. The Kier molecular flexibility index (Phi) is 4.49. The SMILES string of the molecule is CC(=O)O[C@@H]1[C@H](NC(=O)Cc2cccs2)C(=O)N1S(=O)(=O)O. The Balaban J connectivity index is 2.07. The molecule has 1 aliphatic rings. The Morgan fingerprint density at radius 1 is 1.50 bits per heavy atom. The van der Waals surface area contributed by atoms with Gasteiger partial charge in [-0.25, -0.2) is 0 Å². The van der Waals surface area contributed by atoms with Crippen molar-refractivity contribution in [3.05, 3.63) is 22.4 Å². The van der Waals surface area contributed by atoms with Gasteiger partial charge in [-0.1, -0.05) is 6.07 Å². The van der Waals surface area contributed by atoms with E-state index in [-0.39, 0.29) is 10.7 Å². The summed E-state index contributed by atoms with van der Waals surface area (Å²) in [4.78, 5) is 35.3. The monoisotopic (exact) mass is 348 g/mol. The third-order valence-electron chi connectivity index (χ3n) is 2.77. The van der Waals surface area contributed by atoms with Crippen LogP contribution in [0.15, 0.2) is 17.5 Å². The van der Waals surface area contributed by atoms with Crippen molar-refractivity contribution in [2.75, 3.05) is 0 Å². The Labute approximate surface area is 129 Å². The zero-order valence-electron chi connectivity index (χ0n) is 11.3. The van der Waals surface area contributed by atoms with Crippen molar-refractivity contribution >= 4 is 39.4 Å². The van der Waals surface area contributed by atoms with E-state index in [1.807, 2.05) is 0 Å². The molecule has 2 heterocycles. The number of nitrogens with zero attached hydrogens (tertiary/aromatic N) is 1. The normalized spacial score (nSPS) is 21.2. The number of carbonyl (C=O) groups is 3. The molecule has 1 aliphatic heterocycles. The van der Waals surface area contributed by atoms with Crippen LogP contribution >= 0.6 is 11.3 Å². The van der Waals surface area contributed by atoms with Gasteiger partial charge in [0.15, 0.2) is 6.04 Å². The maximum atomic E-state index is 11.8. The average Bonchev–Trinajstić information content (AvgIpc) is 2.86. The van der Waals surface area contributed by atoms with Crippen molar-refractivity contribution in [3.8, 4) is 0 Å². The van der Waals surface area contributed by atoms with Gasteiger partial charge in [0.1, 0.15) is 0 Å². The molecule has 0 radical (unpaired) electrons. The fourth-order valence-electron chi connectivity index (χ4n) is 1.90. The Bertz CT molecular complexity index is 698. The number of ether oxygens (including phenoxy) is 1. The largest absolute Gasteiger partial charge is 0.438 e. The lowest BCUT2D eigenvalue weighted by Gasteiger charge is -2.42. The average molecular weight is 348 g/mol. The molecule has 1 aromatic rings. The minimum Gasteiger partial charge on any atom is -0.438 e. The highest BCUT2D eigenvalue weighted by Crippen LogP contribution is 2.25. The molecule has 0 aliphatic carbocycles. The third kappa shape index (κ3) is 3.43. The van der Waals surface area contributed by atoms with Crippen LogP contribution in [0.25, 0.3) is 0 Å². The smallest absolute Gasteiger partial charge is 0.365 e. The van der Waals surface area contributed by atoms with Crippen LogP contribution < -0.4 is 5.32 Å². The lowest BCUT2D eigenvalue weighted by molar-refractivity contribution is -0.178. The lowest BCUT2D eigenvalue weighted by Crippen LogP contribution is -2.73. The molecule has 1 saturated heterocycles. The summed E-state index contributed by atoms with van der Waals surface area (Å²) in [5, 5.41) is 4.06. The number of rotatable bonds is 5. The highest BCUT2D eigenvalue weighted by Gasteiger charge is 2.56. The molecule has 0 saturated carbocycles. The minimum atomic E-state index is -4.87. The van der Waals surface area contributed by atoms with Crippen LogP contribution in [0.4, 0.5) is 0 Å². The van der Waals surface area contributed by atoms with E-state index in [2.05, 4.69) is 10.1 Å². The number of esters is 1. The summed E-state index contributed by atoms with van der Waals surface area (Å²) in [6.07, 6.45) is -1.59. The second kappa shape index (κ2) is 6.02. The molecule has 2 atom stereocenters. The molecule has 2 amide bonds. The van der Waals surface area contributed by atoms with Gasteiger partial charge in [0.05, 0.1) is 6.42 Å². The van der Waals surface area contributed by atoms with Crippen molar-refractivity contribution in [2.24, 2.45) is 0 Å². The first-order valence-electron chi connectivity index (χ1n) is 6.00. The molecule has 120 valence electrons. The van der Waals surface area contributed by atoms with Crippen LogP contribution in [-0.4, -0.2) is 47.3 Å². The fourth-order valence-corrected chi connectivity index (χ4v) is 3.37. The molecule has 1 fully saturated rings. The maximum Gasteiger partial charge on any atom is 0.365 e. The number of carbonyl (C=O) groups excluding carboxylic acids is 3. The topological polar surface area (TPSA) is 130 Å². The summed E-state index contributed by atoms with van der Waals surface area (Å²) in [6.45, 7) is 1.01. The molecule has 11 heteroatoms. The second-order valence-corrected chi connectivity index (χ2v) is 6.73. The van der Waals surface area contributed by atoms with Crippen molar-refractivity contribution in [2.45, 2.75) is 25.6 Å². The van der Waals surface area contributed by atoms with Crippen LogP contribution in [0, 0.1) is 0 Å². The highest BCUT2D eigenvalue weighted by molar-refractivity contribution is 7.84. The van der Waals surface area contributed by atoms with Crippen LogP contribution in [0.3, 0.4) is 0 Å². The van der Waals surface area contributed by atoms with Crippen molar-refractivity contribution in [3.63, 3.8) is 0 Å². The van der Waals surface area contributed by atoms with Crippen molar-refractivity contribution in [1.29, 1.82) is 0 Å². The summed E-state index contributed by atoms with van der Waals surface area (Å²) in [7, 11) is -4.87. The molecule has 2 rings (SSSR count). The van der Waals surface area contributed by atoms with Crippen LogP contribution in [0.2, 0.25) is 0 Å². The van der Waals surface area contributed by atoms with Crippen molar-refractivity contribution in [1.82, 2.24) is 9.62 Å². The summed E-state index contributed by atoms with van der Waals surface area (Å²) < 4.78 is 35.7. The molecule has 0 aromatic carbocycles. The van der Waals surface area contributed by atoms with Gasteiger partial charge in [-0.05, 0) is 11.4 Å². The first-order valence-corrected chi connectivity index (χ1v) is 8.27. The summed E-state index contributed by atoms with van der Waals surface area (Å²) in [5.41, 5.74) is 0. The van der Waals surface area contributed by atoms with Gasteiger partial charge in [0.25, 0.3) is 5.91 Å². The Hall–Kier alpha value is -1.98. The van der Waals surface area contributed by atoms with Gasteiger partial charge in [0.2, 0.25) is 12.1 Å². The van der Waals surface area contributed by atoms with E-state index in [1.165, 1.54) is 11.3 Å². The minimum absolute atomic E-state index is 0.000112. The first kappa shape index (κ1) is 16.4. The van der Waals surface area contributed by atoms with Gasteiger partial charge < -0.3 is 10.1 Å². The molecule has 1 aromatic heterocycles. The van der Waals surface area contributed by atoms with Gasteiger partial charge in [-0.2, -0.15) is 12.7 Å². The zero-order valence-corrected chi connectivity index (χ0v) is 12.9. The van der Waals surface area contributed by atoms with Gasteiger partial charge >= 0.3 is 16.3 Å². The predicted octanol–water partition coefficient (Wildman–Crippen LogP) is -0.690. The van der Waals surface area contributed by atoms with E-state index in [4.69, 9.17) is 4.55 Å². The van der Waals surface area contributed by atoms with Gasteiger partial charge in [-0.3, -0.25) is 18.9 Å². The molecular weight excluding hydrogens is 336 g/mol. The summed E-state index contributed by atoms with van der Waals surface area (Å²) in [6, 6.07) is 2.13. The van der Waals surface area contributed by atoms with E-state index >= 15 is 0 Å². The standard InChI is InChI=1S/C11H12N2O7S2/c1-6(14)20-11-9(10(16)13(11)22(17,18)19)12-8(15)5-7-3-2-4-21-7/h2-4,9,11H,5H2,1H3,(H,12,15)(H,17,18,19)/t9-,11-/m1/s1. The quantitative estimate of drug-likeness (QED) is 0.409. The molecule has 22 heavy (non-hydrogen) atoms. The number of hydrogen-bond donors (Lipinski definition) is 2. The van der Waals surface area contributed by atoms with E-state index in [1.54, 1.807) is 17.5 Å². The van der Waals surface area contributed by atoms with E-state index in [9.17, 15) is 22.8 Å². The predicted molar refractivity (Wildman–Crippen MR) is 73.9 cm³/mol. The maximum absolute atomic E-state index is 11.8. The first-order chi connectivity index (χ1) is 10.2. The summed E-state index contributed by atoms with van der Waals surface area (Å²) in [5.74, 6) is -2.47. The molecule has 0 spiro atoms. The van der Waals surface area contributed by atoms with Gasteiger partial charge in [-0.15, -0.1) is 11.3 Å². The summed E-state index contributed by atoms with van der Waals surface area (Å²) >= 11 is 1.34. The zero-order chi connectivity index (χ0) is 16.5. The van der Waals surface area contributed by atoms with E-state index < -0.39 is 40.4 Å².